The maximum absolute atomic E-state index is 9.36. The Morgan fingerprint density at radius 3 is 2.60 bits per heavy atom. The minimum absolute atomic E-state index is 0.192. The highest BCUT2D eigenvalue weighted by Crippen LogP contribution is 2.31. The SMILES string of the molecule is CCOc1ccc(C(N)c2nc(-c3ccc(O)cc3)n[nH]2)cc1OC. The van der Waals surface area contributed by atoms with E-state index >= 15 is 0 Å². The van der Waals surface area contributed by atoms with Crippen molar-refractivity contribution < 1.29 is 14.6 Å². The van der Waals surface area contributed by atoms with Gasteiger partial charge < -0.3 is 20.3 Å². The van der Waals surface area contributed by atoms with Crippen LogP contribution >= 0.6 is 0 Å². The van der Waals surface area contributed by atoms with Crippen molar-refractivity contribution in [2.45, 2.75) is 13.0 Å². The maximum Gasteiger partial charge on any atom is 0.181 e. The monoisotopic (exact) mass is 340 g/mol. The zero-order chi connectivity index (χ0) is 17.8. The molecule has 1 atom stereocenters. The lowest BCUT2D eigenvalue weighted by molar-refractivity contribution is 0.310. The highest BCUT2D eigenvalue weighted by Gasteiger charge is 2.17. The van der Waals surface area contributed by atoms with Crippen LogP contribution in [0.5, 0.6) is 17.2 Å². The predicted molar refractivity (Wildman–Crippen MR) is 93.7 cm³/mol. The Balaban J connectivity index is 1.86. The topological polar surface area (TPSA) is 106 Å². The highest BCUT2D eigenvalue weighted by molar-refractivity contribution is 5.56. The van der Waals surface area contributed by atoms with Gasteiger partial charge in [-0.3, -0.25) is 5.10 Å². The van der Waals surface area contributed by atoms with Crippen LogP contribution in [0.4, 0.5) is 0 Å². The molecule has 2 aromatic carbocycles. The number of ether oxygens (including phenoxy) is 2. The molecule has 1 heterocycles. The summed E-state index contributed by atoms with van der Waals surface area (Å²) in [7, 11) is 1.59. The van der Waals surface area contributed by atoms with E-state index in [0.29, 0.717) is 29.8 Å². The Bertz CT molecular complexity index is 846. The van der Waals surface area contributed by atoms with Crippen LogP contribution in [0.15, 0.2) is 42.5 Å². The number of benzene rings is 2. The lowest BCUT2D eigenvalue weighted by atomic mass is 10.1. The van der Waals surface area contributed by atoms with Gasteiger partial charge in [0.05, 0.1) is 19.8 Å². The van der Waals surface area contributed by atoms with Crippen molar-refractivity contribution in [3.05, 3.63) is 53.9 Å². The van der Waals surface area contributed by atoms with Gasteiger partial charge in [0.2, 0.25) is 0 Å². The number of H-pyrrole nitrogens is 1. The van der Waals surface area contributed by atoms with Crippen LogP contribution in [-0.4, -0.2) is 34.0 Å². The van der Waals surface area contributed by atoms with Gasteiger partial charge in [0, 0.05) is 5.56 Å². The molecule has 0 aliphatic heterocycles. The number of methoxy groups -OCH3 is 1. The Kier molecular flexibility index (Phi) is 4.85. The molecule has 0 radical (unpaired) electrons. The van der Waals surface area contributed by atoms with Gasteiger partial charge in [-0.15, -0.1) is 0 Å². The van der Waals surface area contributed by atoms with Crippen LogP contribution in [0.1, 0.15) is 24.4 Å². The summed E-state index contributed by atoms with van der Waals surface area (Å²) in [5.74, 6) is 2.53. The average molecular weight is 340 g/mol. The number of nitrogens with two attached hydrogens (primary N) is 1. The first-order valence-electron chi connectivity index (χ1n) is 7.90. The second kappa shape index (κ2) is 7.23. The number of nitrogens with one attached hydrogen (secondary N) is 1. The van der Waals surface area contributed by atoms with Crippen LogP contribution in [0, 0.1) is 0 Å². The quantitative estimate of drug-likeness (QED) is 0.637. The lowest BCUT2D eigenvalue weighted by Crippen LogP contribution is -2.14. The van der Waals surface area contributed by atoms with Crippen molar-refractivity contribution in [3.8, 4) is 28.6 Å². The smallest absolute Gasteiger partial charge is 0.181 e. The number of phenolic OH excluding ortho intramolecular Hbond substituents is 1. The Morgan fingerprint density at radius 1 is 1.16 bits per heavy atom. The average Bonchev–Trinajstić information content (AvgIpc) is 3.12. The normalized spacial score (nSPS) is 12.0. The second-order valence-corrected chi connectivity index (χ2v) is 5.41. The van der Waals surface area contributed by atoms with Crippen molar-refractivity contribution in [3.63, 3.8) is 0 Å². The molecule has 3 rings (SSSR count). The molecule has 0 bridgehead atoms. The van der Waals surface area contributed by atoms with E-state index in [-0.39, 0.29) is 5.75 Å². The van der Waals surface area contributed by atoms with Crippen LogP contribution in [0.25, 0.3) is 11.4 Å². The molecule has 25 heavy (non-hydrogen) atoms. The number of aromatic nitrogens is 3. The number of aromatic hydroxyl groups is 1. The molecule has 0 saturated carbocycles. The third kappa shape index (κ3) is 3.56. The molecule has 0 amide bonds. The van der Waals surface area contributed by atoms with Crippen molar-refractivity contribution >= 4 is 0 Å². The van der Waals surface area contributed by atoms with E-state index in [0.717, 1.165) is 11.1 Å². The van der Waals surface area contributed by atoms with E-state index in [1.165, 1.54) is 0 Å². The molecule has 0 spiro atoms. The molecule has 4 N–H and O–H groups in total. The third-order valence-corrected chi connectivity index (χ3v) is 3.77. The molecule has 0 aliphatic carbocycles. The van der Waals surface area contributed by atoms with E-state index in [1.54, 1.807) is 31.4 Å². The van der Waals surface area contributed by atoms with Gasteiger partial charge in [0.15, 0.2) is 17.3 Å². The molecule has 0 saturated heterocycles. The van der Waals surface area contributed by atoms with Gasteiger partial charge in [0.1, 0.15) is 11.6 Å². The number of rotatable bonds is 6. The van der Waals surface area contributed by atoms with Crippen LogP contribution in [0.2, 0.25) is 0 Å². The van der Waals surface area contributed by atoms with Gasteiger partial charge >= 0.3 is 0 Å². The fraction of sp³-hybridized carbons (Fsp3) is 0.222. The van der Waals surface area contributed by atoms with Crippen LogP contribution < -0.4 is 15.2 Å². The molecule has 0 fully saturated rings. The van der Waals surface area contributed by atoms with Gasteiger partial charge in [-0.25, -0.2) is 4.98 Å². The number of hydrogen-bond acceptors (Lipinski definition) is 6. The molecular weight excluding hydrogens is 320 g/mol. The first kappa shape index (κ1) is 16.8. The summed E-state index contributed by atoms with van der Waals surface area (Å²) in [6.45, 7) is 2.47. The summed E-state index contributed by atoms with van der Waals surface area (Å²) < 4.78 is 10.9. The van der Waals surface area contributed by atoms with Crippen molar-refractivity contribution in [1.29, 1.82) is 0 Å². The summed E-state index contributed by atoms with van der Waals surface area (Å²) in [5, 5.41) is 16.4. The zero-order valence-corrected chi connectivity index (χ0v) is 14.1. The van der Waals surface area contributed by atoms with E-state index < -0.39 is 6.04 Å². The number of hydrogen-bond donors (Lipinski definition) is 3. The molecule has 7 nitrogen and oxygen atoms in total. The van der Waals surface area contributed by atoms with Gasteiger partial charge in [-0.2, -0.15) is 5.10 Å². The Hall–Kier alpha value is -3.06. The number of phenols is 1. The molecule has 130 valence electrons. The van der Waals surface area contributed by atoms with Crippen LogP contribution in [-0.2, 0) is 0 Å². The summed E-state index contributed by atoms with van der Waals surface area (Å²) in [6, 6.07) is 11.7. The van der Waals surface area contributed by atoms with E-state index in [1.807, 2.05) is 25.1 Å². The van der Waals surface area contributed by atoms with E-state index in [4.69, 9.17) is 15.2 Å². The molecular formula is C18H20N4O3. The fourth-order valence-electron chi connectivity index (χ4n) is 2.46. The highest BCUT2D eigenvalue weighted by atomic mass is 16.5. The Labute approximate surface area is 145 Å². The number of aromatic amines is 1. The molecule has 7 heteroatoms. The van der Waals surface area contributed by atoms with Crippen molar-refractivity contribution in [1.82, 2.24) is 15.2 Å². The lowest BCUT2D eigenvalue weighted by Gasteiger charge is -2.13. The standard InChI is InChI=1S/C18H20N4O3/c1-3-25-14-9-6-12(10-15(14)24-2)16(19)18-20-17(21-22-18)11-4-7-13(23)8-5-11/h4-10,16,23H,3,19H2,1-2H3,(H,20,21,22). The van der Waals surface area contributed by atoms with Gasteiger partial charge in [-0.1, -0.05) is 6.07 Å². The molecule has 1 aromatic heterocycles. The molecule has 0 aliphatic rings. The minimum atomic E-state index is -0.483. The third-order valence-electron chi connectivity index (χ3n) is 3.77. The number of nitrogens with zero attached hydrogens (tertiary/aromatic N) is 2. The first-order chi connectivity index (χ1) is 12.1. The summed E-state index contributed by atoms with van der Waals surface area (Å²) in [6.07, 6.45) is 0. The summed E-state index contributed by atoms with van der Waals surface area (Å²) in [5.41, 5.74) is 7.93. The van der Waals surface area contributed by atoms with Crippen molar-refractivity contribution in [2.75, 3.05) is 13.7 Å². The molecule has 1 unspecified atom stereocenters. The molecule has 3 aromatic rings. The minimum Gasteiger partial charge on any atom is -0.508 e. The zero-order valence-electron chi connectivity index (χ0n) is 14.1. The largest absolute Gasteiger partial charge is 0.508 e. The van der Waals surface area contributed by atoms with Crippen molar-refractivity contribution in [2.24, 2.45) is 5.73 Å². The van der Waals surface area contributed by atoms with E-state index in [9.17, 15) is 5.11 Å². The van der Waals surface area contributed by atoms with Gasteiger partial charge in [0.25, 0.3) is 0 Å². The summed E-state index contributed by atoms with van der Waals surface area (Å²) in [4.78, 5) is 4.46. The predicted octanol–water partition coefficient (Wildman–Crippen LogP) is 2.63. The van der Waals surface area contributed by atoms with E-state index in [2.05, 4.69) is 15.2 Å². The van der Waals surface area contributed by atoms with Crippen LogP contribution in [0.3, 0.4) is 0 Å². The maximum atomic E-state index is 9.36. The first-order valence-corrected chi connectivity index (χ1v) is 7.90. The Morgan fingerprint density at radius 2 is 1.92 bits per heavy atom. The summed E-state index contributed by atoms with van der Waals surface area (Å²) >= 11 is 0. The fourth-order valence-corrected chi connectivity index (χ4v) is 2.46. The van der Waals surface area contributed by atoms with Gasteiger partial charge in [-0.05, 0) is 48.9 Å². The second-order valence-electron chi connectivity index (χ2n) is 5.41.